The van der Waals surface area contributed by atoms with Gasteiger partial charge in [0.1, 0.15) is 11.6 Å². The van der Waals surface area contributed by atoms with E-state index < -0.39 is 47.0 Å². The molecule has 1 heterocycles. The van der Waals surface area contributed by atoms with Gasteiger partial charge in [-0.1, -0.05) is 26.8 Å². The van der Waals surface area contributed by atoms with Gasteiger partial charge in [0.05, 0.1) is 11.6 Å². The largest absolute Gasteiger partial charge is 0.417 e. The topological polar surface area (TPSA) is 30.9 Å². The minimum absolute atomic E-state index is 0.00477. The number of hydrogen-bond acceptors (Lipinski definition) is 1. The van der Waals surface area contributed by atoms with E-state index in [2.05, 4.69) is 0 Å². The van der Waals surface area contributed by atoms with Crippen LogP contribution in [0.15, 0.2) is 36.5 Å². The summed E-state index contributed by atoms with van der Waals surface area (Å²) in [5.41, 5.74) is 3.25. The standard InChI is InChI=1S/C22H21F7N2/c1-21(2,3)10-31-9-15(19(30)20(25)26)14-7-17(24)13(8-18(14)31)12-5-4-11(23)6-16(12)22(27,28)29/h4-9,19-20H,10,30H2,1-3H3/t19-/m0/s1. The second-order valence-corrected chi connectivity index (χ2v) is 8.67. The van der Waals surface area contributed by atoms with Gasteiger partial charge in [0, 0.05) is 34.8 Å². The summed E-state index contributed by atoms with van der Waals surface area (Å²) in [5.74, 6) is -2.17. The van der Waals surface area contributed by atoms with Crippen molar-refractivity contribution < 1.29 is 30.7 Å². The first-order chi connectivity index (χ1) is 14.2. The summed E-state index contributed by atoms with van der Waals surface area (Å²) in [7, 11) is 0. The van der Waals surface area contributed by atoms with Crippen molar-refractivity contribution in [2.75, 3.05) is 0 Å². The molecule has 2 N–H and O–H groups in total. The lowest BCUT2D eigenvalue weighted by atomic mass is 9.95. The highest BCUT2D eigenvalue weighted by molar-refractivity contribution is 5.89. The second-order valence-electron chi connectivity index (χ2n) is 8.67. The number of aromatic nitrogens is 1. The van der Waals surface area contributed by atoms with Crippen molar-refractivity contribution >= 4 is 10.9 Å². The molecule has 0 bridgehead atoms. The fraction of sp³-hybridized carbons (Fsp3) is 0.364. The molecule has 1 atom stereocenters. The first kappa shape index (κ1) is 23.1. The smallest absolute Gasteiger partial charge is 0.347 e. The van der Waals surface area contributed by atoms with E-state index in [-0.39, 0.29) is 21.9 Å². The fourth-order valence-corrected chi connectivity index (χ4v) is 3.57. The molecule has 0 amide bonds. The van der Waals surface area contributed by atoms with Crippen LogP contribution >= 0.6 is 0 Å². The Kier molecular flexibility index (Phi) is 5.86. The molecule has 0 aliphatic heterocycles. The van der Waals surface area contributed by atoms with Gasteiger partial charge in [-0.3, -0.25) is 0 Å². The Morgan fingerprint density at radius 1 is 0.968 bits per heavy atom. The van der Waals surface area contributed by atoms with Gasteiger partial charge in [-0.25, -0.2) is 17.6 Å². The number of halogens is 7. The van der Waals surface area contributed by atoms with Crippen LogP contribution in [0.4, 0.5) is 30.7 Å². The van der Waals surface area contributed by atoms with Crippen molar-refractivity contribution in [3.63, 3.8) is 0 Å². The number of rotatable bonds is 4. The van der Waals surface area contributed by atoms with Gasteiger partial charge in [-0.05, 0) is 35.2 Å². The van der Waals surface area contributed by atoms with Crippen LogP contribution in [0.25, 0.3) is 22.0 Å². The van der Waals surface area contributed by atoms with Gasteiger partial charge in [-0.15, -0.1) is 0 Å². The van der Waals surface area contributed by atoms with Crippen molar-refractivity contribution in [3.05, 3.63) is 59.3 Å². The van der Waals surface area contributed by atoms with Crippen LogP contribution in [0.3, 0.4) is 0 Å². The molecule has 0 aliphatic carbocycles. The molecule has 0 radical (unpaired) electrons. The highest BCUT2D eigenvalue weighted by Crippen LogP contribution is 2.41. The van der Waals surface area contributed by atoms with E-state index in [0.29, 0.717) is 12.6 Å². The minimum Gasteiger partial charge on any atom is -0.347 e. The Balaban J connectivity index is 2.32. The van der Waals surface area contributed by atoms with Crippen LogP contribution in [0.5, 0.6) is 0 Å². The summed E-state index contributed by atoms with van der Waals surface area (Å²) in [6.45, 7) is 5.98. The average Bonchev–Trinajstić information content (AvgIpc) is 2.95. The summed E-state index contributed by atoms with van der Waals surface area (Å²) in [6.07, 6.45) is -6.45. The number of alkyl halides is 5. The maximum atomic E-state index is 15.0. The molecule has 0 saturated heterocycles. The Morgan fingerprint density at radius 2 is 1.61 bits per heavy atom. The van der Waals surface area contributed by atoms with Crippen molar-refractivity contribution in [1.29, 1.82) is 0 Å². The number of benzene rings is 2. The van der Waals surface area contributed by atoms with E-state index >= 15 is 0 Å². The van der Waals surface area contributed by atoms with E-state index in [9.17, 15) is 30.7 Å². The molecule has 0 unspecified atom stereocenters. The highest BCUT2D eigenvalue weighted by atomic mass is 19.4. The molecule has 0 spiro atoms. The van der Waals surface area contributed by atoms with E-state index in [1.54, 1.807) is 4.57 Å². The monoisotopic (exact) mass is 446 g/mol. The normalized spacial score (nSPS) is 13.9. The zero-order chi connectivity index (χ0) is 23.3. The van der Waals surface area contributed by atoms with Crippen molar-refractivity contribution in [2.24, 2.45) is 11.1 Å². The predicted molar refractivity (Wildman–Crippen MR) is 105 cm³/mol. The molecule has 2 nitrogen and oxygen atoms in total. The van der Waals surface area contributed by atoms with Gasteiger partial charge in [0.25, 0.3) is 6.43 Å². The van der Waals surface area contributed by atoms with E-state index in [4.69, 9.17) is 5.73 Å². The zero-order valence-corrected chi connectivity index (χ0v) is 17.0. The molecule has 168 valence electrons. The molecular weight excluding hydrogens is 425 g/mol. The molecule has 0 fully saturated rings. The molecule has 2 aromatic carbocycles. The van der Waals surface area contributed by atoms with E-state index in [0.717, 1.165) is 18.2 Å². The summed E-state index contributed by atoms with van der Waals surface area (Å²) in [5, 5.41) is 0.0916. The quantitative estimate of drug-likeness (QED) is 0.434. The molecule has 9 heteroatoms. The van der Waals surface area contributed by atoms with Crippen LogP contribution in [-0.4, -0.2) is 11.0 Å². The van der Waals surface area contributed by atoms with Crippen molar-refractivity contribution in [3.8, 4) is 11.1 Å². The van der Waals surface area contributed by atoms with Crippen LogP contribution < -0.4 is 5.73 Å². The van der Waals surface area contributed by atoms with Crippen LogP contribution in [-0.2, 0) is 12.7 Å². The molecule has 1 aromatic heterocycles. The molecular formula is C22H21F7N2. The van der Waals surface area contributed by atoms with Crippen LogP contribution in [0, 0.1) is 17.0 Å². The Bertz CT molecular complexity index is 1110. The number of fused-ring (bicyclic) bond motifs is 1. The number of nitrogens with zero attached hydrogens (tertiary/aromatic N) is 1. The summed E-state index contributed by atoms with van der Waals surface area (Å²) < 4.78 is 97.0. The van der Waals surface area contributed by atoms with Gasteiger partial charge in [-0.2, -0.15) is 13.2 Å². The lowest BCUT2D eigenvalue weighted by molar-refractivity contribution is -0.137. The third-order valence-corrected chi connectivity index (χ3v) is 4.85. The maximum Gasteiger partial charge on any atom is 0.417 e. The van der Waals surface area contributed by atoms with Gasteiger partial charge >= 0.3 is 6.18 Å². The third-order valence-electron chi connectivity index (χ3n) is 4.85. The SMILES string of the molecule is CC(C)(C)Cn1cc([C@H](N)C(F)F)c2cc(F)c(-c3ccc(F)cc3C(F)(F)F)cc21. The van der Waals surface area contributed by atoms with Crippen molar-refractivity contribution in [1.82, 2.24) is 4.57 Å². The molecule has 0 saturated carbocycles. The zero-order valence-electron chi connectivity index (χ0n) is 17.0. The first-order valence-corrected chi connectivity index (χ1v) is 9.42. The van der Waals surface area contributed by atoms with E-state index in [1.807, 2.05) is 20.8 Å². The van der Waals surface area contributed by atoms with Crippen LogP contribution in [0.2, 0.25) is 0 Å². The number of hydrogen-bond donors (Lipinski definition) is 1. The third kappa shape index (κ3) is 4.71. The Morgan fingerprint density at radius 3 is 2.16 bits per heavy atom. The lowest BCUT2D eigenvalue weighted by Crippen LogP contribution is -2.19. The highest BCUT2D eigenvalue weighted by Gasteiger charge is 2.35. The molecule has 31 heavy (non-hydrogen) atoms. The average molecular weight is 446 g/mol. The maximum absolute atomic E-state index is 15.0. The first-order valence-electron chi connectivity index (χ1n) is 9.42. The van der Waals surface area contributed by atoms with Gasteiger partial charge in [0.2, 0.25) is 0 Å². The second kappa shape index (κ2) is 7.85. The minimum atomic E-state index is -4.92. The van der Waals surface area contributed by atoms with E-state index in [1.165, 1.54) is 12.3 Å². The Labute approximate surface area is 174 Å². The van der Waals surface area contributed by atoms with Gasteiger partial charge < -0.3 is 10.3 Å². The molecule has 3 rings (SSSR count). The molecule has 0 aliphatic rings. The predicted octanol–water partition coefficient (Wildman–Crippen LogP) is 6.92. The summed E-state index contributed by atoms with van der Waals surface area (Å²) >= 11 is 0. The lowest BCUT2D eigenvalue weighted by Gasteiger charge is -2.20. The fourth-order valence-electron chi connectivity index (χ4n) is 3.57. The summed E-state index contributed by atoms with van der Waals surface area (Å²) in [4.78, 5) is 0. The summed E-state index contributed by atoms with van der Waals surface area (Å²) in [6, 6.07) is 2.34. The Hall–Kier alpha value is -2.55. The number of nitrogens with two attached hydrogens (primary N) is 1. The van der Waals surface area contributed by atoms with Crippen LogP contribution in [0.1, 0.15) is 37.9 Å². The van der Waals surface area contributed by atoms with Gasteiger partial charge in [0.15, 0.2) is 0 Å². The molecule has 3 aromatic rings. The van der Waals surface area contributed by atoms with Crippen molar-refractivity contribution in [2.45, 2.75) is 46.0 Å².